The lowest BCUT2D eigenvalue weighted by Crippen LogP contribution is -2.44. The van der Waals surface area contributed by atoms with Gasteiger partial charge in [0.1, 0.15) is 11.8 Å². The Balaban J connectivity index is 1.42. The summed E-state index contributed by atoms with van der Waals surface area (Å²) < 4.78 is 5.80. The first-order valence-corrected chi connectivity index (χ1v) is 9.59. The number of fused-ring (bicyclic) bond motifs is 1. The van der Waals surface area contributed by atoms with Gasteiger partial charge in [0, 0.05) is 61.6 Å². The summed E-state index contributed by atoms with van der Waals surface area (Å²) in [5.41, 5.74) is 7.22. The monoisotopic (exact) mass is 370 g/mol. The van der Waals surface area contributed by atoms with Crippen LogP contribution in [0.3, 0.4) is 0 Å². The number of furan rings is 1. The predicted molar refractivity (Wildman–Crippen MR) is 112 cm³/mol. The smallest absolute Gasteiger partial charge is 0.153 e. The van der Waals surface area contributed by atoms with Crippen molar-refractivity contribution in [3.05, 3.63) is 67.3 Å². The molecule has 140 valence electrons. The van der Waals surface area contributed by atoms with Crippen LogP contribution in [0.4, 0.5) is 5.69 Å². The molecule has 0 amide bonds. The number of aromatic nitrogens is 2. The van der Waals surface area contributed by atoms with Gasteiger partial charge < -0.3 is 14.2 Å². The van der Waals surface area contributed by atoms with Gasteiger partial charge in [-0.25, -0.2) is 0 Å². The Morgan fingerprint density at radius 1 is 0.857 bits per heavy atom. The Morgan fingerprint density at radius 3 is 2.36 bits per heavy atom. The van der Waals surface area contributed by atoms with Crippen molar-refractivity contribution in [1.29, 1.82) is 0 Å². The van der Waals surface area contributed by atoms with Gasteiger partial charge in [0.25, 0.3) is 0 Å². The minimum Gasteiger partial charge on any atom is -0.462 e. The highest BCUT2D eigenvalue weighted by molar-refractivity contribution is 5.92. The Kier molecular flexibility index (Phi) is 4.29. The van der Waals surface area contributed by atoms with Gasteiger partial charge in [-0.2, -0.15) is 0 Å². The van der Waals surface area contributed by atoms with Gasteiger partial charge in [0.2, 0.25) is 0 Å². The van der Waals surface area contributed by atoms with Crippen LogP contribution in [0.5, 0.6) is 0 Å². The van der Waals surface area contributed by atoms with E-state index >= 15 is 0 Å². The molecule has 5 rings (SSSR count). The third kappa shape index (κ3) is 3.14. The van der Waals surface area contributed by atoms with Gasteiger partial charge in [0.15, 0.2) is 5.58 Å². The Morgan fingerprint density at radius 2 is 1.61 bits per heavy atom. The lowest BCUT2D eigenvalue weighted by atomic mass is 10.1. The molecule has 1 aliphatic heterocycles. The highest BCUT2D eigenvalue weighted by Gasteiger charge is 2.15. The summed E-state index contributed by atoms with van der Waals surface area (Å²) in [6.45, 7) is 4.38. The molecule has 1 aromatic carbocycles. The number of nitrogens with zero attached hydrogens (tertiary/aromatic N) is 4. The minimum atomic E-state index is 0.799. The molecule has 1 fully saturated rings. The summed E-state index contributed by atoms with van der Waals surface area (Å²) >= 11 is 0. The minimum absolute atomic E-state index is 0.799. The third-order valence-corrected chi connectivity index (χ3v) is 5.47. The van der Waals surface area contributed by atoms with Crippen LogP contribution < -0.4 is 4.90 Å². The fourth-order valence-corrected chi connectivity index (χ4v) is 3.74. The van der Waals surface area contributed by atoms with Crippen LogP contribution in [0.1, 0.15) is 0 Å². The predicted octanol–water partition coefficient (Wildman–Crippen LogP) is 4.31. The number of hydrogen-bond donors (Lipinski definition) is 0. The largest absolute Gasteiger partial charge is 0.462 e. The zero-order chi connectivity index (χ0) is 18.9. The number of hydrogen-bond acceptors (Lipinski definition) is 5. The summed E-state index contributed by atoms with van der Waals surface area (Å²) in [5, 5.41) is 0. The van der Waals surface area contributed by atoms with Crippen molar-refractivity contribution in [3.63, 3.8) is 0 Å². The standard InChI is InChI=1S/C23H22N4O/c1-26-10-12-27(13-11-26)20-4-2-17(3-5-20)19-14-22-23(25-15-19)21(16-28-22)18-6-8-24-9-7-18/h2-9,14-16H,10-13H2,1H3. The maximum Gasteiger partial charge on any atom is 0.153 e. The number of piperazine rings is 1. The summed E-state index contributed by atoms with van der Waals surface area (Å²) in [6.07, 6.45) is 7.26. The number of benzene rings is 1. The first kappa shape index (κ1) is 17.0. The SMILES string of the molecule is CN1CCN(c2ccc(-c3cnc4c(-c5ccncc5)coc4c3)cc2)CC1. The molecule has 1 aliphatic rings. The normalized spacial score (nSPS) is 15.2. The van der Waals surface area contributed by atoms with E-state index in [0.717, 1.165) is 59.5 Å². The van der Waals surface area contributed by atoms with Crippen LogP contribution in [0, 0.1) is 0 Å². The topological polar surface area (TPSA) is 45.4 Å². The zero-order valence-electron chi connectivity index (χ0n) is 15.9. The number of rotatable bonds is 3. The van der Waals surface area contributed by atoms with Gasteiger partial charge in [-0.15, -0.1) is 0 Å². The highest BCUT2D eigenvalue weighted by atomic mass is 16.3. The summed E-state index contributed by atoms with van der Waals surface area (Å²) in [6, 6.07) is 14.8. The van der Waals surface area contributed by atoms with E-state index in [1.54, 1.807) is 18.7 Å². The van der Waals surface area contributed by atoms with Crippen LogP contribution in [-0.2, 0) is 0 Å². The van der Waals surface area contributed by atoms with Crippen molar-refractivity contribution in [2.75, 3.05) is 38.1 Å². The van der Waals surface area contributed by atoms with Crippen molar-refractivity contribution in [1.82, 2.24) is 14.9 Å². The Bertz CT molecular complexity index is 1080. The third-order valence-electron chi connectivity index (χ3n) is 5.47. The molecule has 5 heteroatoms. The maximum absolute atomic E-state index is 5.80. The van der Waals surface area contributed by atoms with E-state index < -0.39 is 0 Å². The second-order valence-corrected chi connectivity index (χ2v) is 7.29. The number of anilines is 1. The number of likely N-dealkylation sites (N-methyl/N-ethyl adjacent to an activating group) is 1. The molecule has 28 heavy (non-hydrogen) atoms. The molecule has 0 aliphatic carbocycles. The van der Waals surface area contributed by atoms with E-state index in [-0.39, 0.29) is 0 Å². The molecule has 0 atom stereocenters. The van der Waals surface area contributed by atoms with E-state index in [4.69, 9.17) is 4.42 Å². The molecule has 4 aromatic rings. The average molecular weight is 370 g/mol. The van der Waals surface area contributed by atoms with Crippen LogP contribution in [0.25, 0.3) is 33.4 Å². The Labute approximate surface area is 164 Å². The van der Waals surface area contributed by atoms with E-state index in [0.29, 0.717) is 0 Å². The van der Waals surface area contributed by atoms with E-state index in [9.17, 15) is 0 Å². The molecule has 0 saturated carbocycles. The van der Waals surface area contributed by atoms with E-state index in [1.165, 1.54) is 5.69 Å². The number of pyridine rings is 2. The van der Waals surface area contributed by atoms with E-state index in [1.807, 2.05) is 18.3 Å². The first-order valence-electron chi connectivity index (χ1n) is 9.59. The molecular formula is C23H22N4O. The quantitative estimate of drug-likeness (QED) is 0.538. The molecule has 3 aromatic heterocycles. The highest BCUT2D eigenvalue weighted by Crippen LogP contribution is 2.32. The molecular weight excluding hydrogens is 348 g/mol. The van der Waals surface area contributed by atoms with Crippen molar-refractivity contribution >= 4 is 16.8 Å². The summed E-state index contributed by atoms with van der Waals surface area (Å²) in [4.78, 5) is 13.6. The fourth-order valence-electron chi connectivity index (χ4n) is 3.74. The van der Waals surface area contributed by atoms with Gasteiger partial charge in [-0.3, -0.25) is 9.97 Å². The van der Waals surface area contributed by atoms with Crippen molar-refractivity contribution in [2.24, 2.45) is 0 Å². The average Bonchev–Trinajstić information content (AvgIpc) is 3.18. The molecule has 0 spiro atoms. The van der Waals surface area contributed by atoms with E-state index in [2.05, 4.69) is 57.1 Å². The van der Waals surface area contributed by atoms with Crippen LogP contribution in [0.2, 0.25) is 0 Å². The van der Waals surface area contributed by atoms with Gasteiger partial charge >= 0.3 is 0 Å². The molecule has 0 N–H and O–H groups in total. The van der Waals surface area contributed by atoms with Crippen LogP contribution >= 0.6 is 0 Å². The second kappa shape index (κ2) is 7.09. The van der Waals surface area contributed by atoms with Gasteiger partial charge in [0.05, 0.1) is 0 Å². The van der Waals surface area contributed by atoms with Crippen LogP contribution in [-0.4, -0.2) is 48.1 Å². The summed E-state index contributed by atoms with van der Waals surface area (Å²) in [7, 11) is 2.18. The van der Waals surface area contributed by atoms with Crippen LogP contribution in [0.15, 0.2) is 71.7 Å². The lowest BCUT2D eigenvalue weighted by molar-refractivity contribution is 0.313. The molecule has 0 radical (unpaired) electrons. The molecule has 4 heterocycles. The van der Waals surface area contributed by atoms with Gasteiger partial charge in [-0.1, -0.05) is 12.1 Å². The lowest BCUT2D eigenvalue weighted by Gasteiger charge is -2.34. The summed E-state index contributed by atoms with van der Waals surface area (Å²) in [5.74, 6) is 0. The van der Waals surface area contributed by atoms with Crippen molar-refractivity contribution in [2.45, 2.75) is 0 Å². The first-order chi connectivity index (χ1) is 13.8. The van der Waals surface area contributed by atoms with Gasteiger partial charge in [-0.05, 0) is 48.5 Å². The maximum atomic E-state index is 5.80. The van der Waals surface area contributed by atoms with Crippen molar-refractivity contribution < 1.29 is 4.42 Å². The molecule has 5 nitrogen and oxygen atoms in total. The molecule has 0 bridgehead atoms. The zero-order valence-corrected chi connectivity index (χ0v) is 15.9. The molecule has 0 unspecified atom stereocenters. The second-order valence-electron chi connectivity index (χ2n) is 7.29. The fraction of sp³-hybridized carbons (Fsp3) is 0.217. The van der Waals surface area contributed by atoms with Crippen molar-refractivity contribution in [3.8, 4) is 22.3 Å². The Hall–Kier alpha value is -3.18. The molecule has 1 saturated heterocycles.